The Morgan fingerprint density at radius 1 is 1.28 bits per heavy atom. The van der Waals surface area contributed by atoms with Crippen molar-refractivity contribution in [3.8, 4) is 5.75 Å². The highest BCUT2D eigenvalue weighted by Gasteiger charge is 2.25. The summed E-state index contributed by atoms with van der Waals surface area (Å²) in [5.74, 6) is 0.889. The number of hydrogen-bond acceptors (Lipinski definition) is 5. The van der Waals surface area contributed by atoms with Gasteiger partial charge in [-0.3, -0.25) is 14.7 Å². The third-order valence-corrected chi connectivity index (χ3v) is 5.41. The van der Waals surface area contributed by atoms with Crippen molar-refractivity contribution in [3.63, 3.8) is 0 Å². The minimum Gasteiger partial charge on any atom is -0.493 e. The van der Waals surface area contributed by atoms with Gasteiger partial charge in [0.2, 0.25) is 0 Å². The Morgan fingerprint density at radius 2 is 2.14 bits per heavy atom. The van der Waals surface area contributed by atoms with Crippen LogP contribution in [0.5, 0.6) is 5.75 Å². The molecule has 7 nitrogen and oxygen atoms in total. The highest BCUT2D eigenvalue weighted by atomic mass is 16.5. The number of benzene rings is 1. The molecule has 0 unspecified atom stereocenters. The van der Waals surface area contributed by atoms with Crippen molar-refractivity contribution in [2.75, 3.05) is 26.3 Å². The Balaban J connectivity index is 1.31. The topological polar surface area (TPSA) is 68.2 Å². The maximum absolute atomic E-state index is 6.00. The van der Waals surface area contributed by atoms with Gasteiger partial charge in [0, 0.05) is 49.6 Å². The Kier molecular flexibility index (Phi) is 6.27. The van der Waals surface area contributed by atoms with E-state index >= 15 is 0 Å². The summed E-state index contributed by atoms with van der Waals surface area (Å²) in [7, 11) is 0. The van der Waals surface area contributed by atoms with Gasteiger partial charge in [-0.15, -0.1) is 0 Å². The van der Waals surface area contributed by atoms with Crippen molar-refractivity contribution >= 4 is 0 Å². The number of aryl methyl sites for hydroxylation is 1. The zero-order valence-electron chi connectivity index (χ0n) is 17.2. The highest BCUT2D eigenvalue weighted by molar-refractivity contribution is 5.21. The molecule has 1 N–H and O–H groups in total. The SMILES string of the molecule is CCn1ncc(CN2CCO[C@@H](c3cc(CCOc4ccccc4)[nH]n3)C2)c1C. The predicted molar refractivity (Wildman–Crippen MR) is 111 cm³/mol. The van der Waals surface area contributed by atoms with Crippen molar-refractivity contribution in [2.24, 2.45) is 0 Å². The van der Waals surface area contributed by atoms with Crippen LogP contribution in [-0.2, 0) is 24.2 Å². The molecular formula is C22H29N5O2. The fraction of sp³-hybridized carbons (Fsp3) is 0.455. The Labute approximate surface area is 171 Å². The van der Waals surface area contributed by atoms with Gasteiger partial charge in [0.05, 0.1) is 25.1 Å². The van der Waals surface area contributed by atoms with Gasteiger partial charge in [-0.05, 0) is 32.0 Å². The van der Waals surface area contributed by atoms with Gasteiger partial charge in [-0.1, -0.05) is 18.2 Å². The molecule has 0 bridgehead atoms. The fourth-order valence-electron chi connectivity index (χ4n) is 3.69. The number of aromatic nitrogens is 4. The lowest BCUT2D eigenvalue weighted by atomic mass is 10.1. The molecular weight excluding hydrogens is 366 g/mol. The van der Waals surface area contributed by atoms with E-state index in [9.17, 15) is 0 Å². The first-order valence-corrected chi connectivity index (χ1v) is 10.3. The molecule has 29 heavy (non-hydrogen) atoms. The molecule has 7 heteroatoms. The molecule has 1 aliphatic heterocycles. The van der Waals surface area contributed by atoms with Gasteiger partial charge in [0.25, 0.3) is 0 Å². The average molecular weight is 396 g/mol. The molecule has 1 atom stereocenters. The zero-order valence-corrected chi connectivity index (χ0v) is 17.2. The Bertz CT molecular complexity index is 905. The van der Waals surface area contributed by atoms with Gasteiger partial charge in [-0.2, -0.15) is 10.2 Å². The minimum atomic E-state index is -0.00896. The van der Waals surface area contributed by atoms with Crippen LogP contribution in [0.1, 0.15) is 35.7 Å². The van der Waals surface area contributed by atoms with Crippen molar-refractivity contribution in [2.45, 2.75) is 39.5 Å². The van der Waals surface area contributed by atoms with E-state index in [1.165, 1.54) is 11.3 Å². The molecule has 2 aromatic heterocycles. The van der Waals surface area contributed by atoms with E-state index in [4.69, 9.17) is 9.47 Å². The van der Waals surface area contributed by atoms with Crippen LogP contribution < -0.4 is 4.74 Å². The lowest BCUT2D eigenvalue weighted by Crippen LogP contribution is -2.38. The van der Waals surface area contributed by atoms with Crippen LogP contribution in [0.4, 0.5) is 0 Å². The Hall–Kier alpha value is -2.64. The van der Waals surface area contributed by atoms with E-state index in [-0.39, 0.29) is 6.10 Å². The fourth-order valence-corrected chi connectivity index (χ4v) is 3.69. The summed E-state index contributed by atoms with van der Waals surface area (Å²) in [6.07, 6.45) is 2.77. The summed E-state index contributed by atoms with van der Waals surface area (Å²) in [4.78, 5) is 2.42. The third-order valence-electron chi connectivity index (χ3n) is 5.41. The molecule has 1 aliphatic rings. The van der Waals surface area contributed by atoms with Crippen molar-refractivity contribution < 1.29 is 9.47 Å². The second-order valence-electron chi connectivity index (χ2n) is 7.40. The number of aromatic amines is 1. The summed E-state index contributed by atoms with van der Waals surface area (Å²) in [5, 5.41) is 12.1. The monoisotopic (exact) mass is 395 g/mol. The quantitative estimate of drug-likeness (QED) is 0.635. The van der Waals surface area contributed by atoms with Crippen molar-refractivity contribution in [1.29, 1.82) is 0 Å². The van der Waals surface area contributed by atoms with Crippen LogP contribution in [0.3, 0.4) is 0 Å². The molecule has 0 saturated carbocycles. The molecule has 1 aromatic carbocycles. The van der Waals surface area contributed by atoms with E-state index in [1.807, 2.05) is 41.2 Å². The number of para-hydroxylation sites is 1. The lowest BCUT2D eigenvalue weighted by molar-refractivity contribution is -0.0350. The molecule has 1 fully saturated rings. The first kappa shape index (κ1) is 19.7. The summed E-state index contributed by atoms with van der Waals surface area (Å²) < 4.78 is 13.8. The third kappa shape index (κ3) is 4.86. The van der Waals surface area contributed by atoms with E-state index < -0.39 is 0 Å². The smallest absolute Gasteiger partial charge is 0.119 e. The second-order valence-corrected chi connectivity index (χ2v) is 7.40. The number of nitrogens with zero attached hydrogens (tertiary/aromatic N) is 4. The van der Waals surface area contributed by atoms with Crippen LogP contribution in [-0.4, -0.2) is 51.2 Å². The summed E-state index contributed by atoms with van der Waals surface area (Å²) in [5.41, 5.74) is 4.56. The van der Waals surface area contributed by atoms with Crippen LogP contribution in [0.2, 0.25) is 0 Å². The molecule has 4 rings (SSSR count). The number of hydrogen-bond donors (Lipinski definition) is 1. The predicted octanol–water partition coefficient (Wildman–Crippen LogP) is 3.13. The number of rotatable bonds is 8. The lowest BCUT2D eigenvalue weighted by Gasteiger charge is -2.32. The number of nitrogens with one attached hydrogen (secondary N) is 1. The van der Waals surface area contributed by atoms with Crippen LogP contribution in [0.15, 0.2) is 42.6 Å². The number of morpholine rings is 1. The van der Waals surface area contributed by atoms with Gasteiger partial charge < -0.3 is 9.47 Å². The van der Waals surface area contributed by atoms with E-state index in [1.54, 1.807) is 0 Å². The molecule has 0 amide bonds. The largest absolute Gasteiger partial charge is 0.493 e. The summed E-state index contributed by atoms with van der Waals surface area (Å²) in [6, 6.07) is 12.0. The van der Waals surface area contributed by atoms with Crippen molar-refractivity contribution in [3.05, 3.63) is 65.2 Å². The van der Waals surface area contributed by atoms with E-state index in [2.05, 4.69) is 40.1 Å². The molecule has 3 heterocycles. The first-order chi connectivity index (χ1) is 14.2. The molecule has 154 valence electrons. The average Bonchev–Trinajstić information content (AvgIpc) is 3.36. The maximum atomic E-state index is 6.00. The van der Waals surface area contributed by atoms with Crippen LogP contribution in [0.25, 0.3) is 0 Å². The second kappa shape index (κ2) is 9.24. The van der Waals surface area contributed by atoms with Gasteiger partial charge in [-0.25, -0.2) is 0 Å². The molecule has 0 spiro atoms. The minimum absolute atomic E-state index is 0.00896. The van der Waals surface area contributed by atoms with E-state index in [0.717, 1.165) is 49.7 Å². The van der Waals surface area contributed by atoms with Crippen molar-refractivity contribution in [1.82, 2.24) is 24.9 Å². The molecule has 1 saturated heterocycles. The normalized spacial score (nSPS) is 17.5. The summed E-state index contributed by atoms with van der Waals surface area (Å²) >= 11 is 0. The highest BCUT2D eigenvalue weighted by Crippen LogP contribution is 2.23. The van der Waals surface area contributed by atoms with Gasteiger partial charge >= 0.3 is 0 Å². The maximum Gasteiger partial charge on any atom is 0.119 e. The van der Waals surface area contributed by atoms with Gasteiger partial charge in [0.15, 0.2) is 0 Å². The van der Waals surface area contributed by atoms with Gasteiger partial charge in [0.1, 0.15) is 11.9 Å². The zero-order chi connectivity index (χ0) is 20.1. The number of ether oxygens (including phenoxy) is 2. The molecule has 0 aliphatic carbocycles. The van der Waals surface area contributed by atoms with Crippen LogP contribution in [0, 0.1) is 6.92 Å². The first-order valence-electron chi connectivity index (χ1n) is 10.3. The van der Waals surface area contributed by atoms with E-state index in [0.29, 0.717) is 13.2 Å². The Morgan fingerprint density at radius 3 is 2.93 bits per heavy atom. The van der Waals surface area contributed by atoms with Crippen LogP contribution >= 0.6 is 0 Å². The molecule has 0 radical (unpaired) electrons. The molecule has 3 aromatic rings. The standard InChI is InChI=1S/C22H29N5O2/c1-3-27-17(2)18(14-23-27)15-26-10-12-29-22(16-26)21-13-19(24-25-21)9-11-28-20-7-5-4-6-8-20/h4-8,13-14,22H,3,9-12,15-16H2,1-2H3,(H,24,25)/t22-/m1/s1. The number of H-pyrrole nitrogens is 1. The summed E-state index contributed by atoms with van der Waals surface area (Å²) in [6.45, 7) is 9.15.